The van der Waals surface area contributed by atoms with Gasteiger partial charge in [-0.25, -0.2) is 15.0 Å². The second kappa shape index (κ2) is 15.3. The van der Waals surface area contributed by atoms with Crippen molar-refractivity contribution >= 4 is 10.8 Å². The van der Waals surface area contributed by atoms with Crippen molar-refractivity contribution in [3.63, 3.8) is 0 Å². The largest absolute Gasteiger partial charge is 0.256 e. The summed E-state index contributed by atoms with van der Waals surface area (Å²) < 4.78 is 0. The third kappa shape index (κ3) is 6.91. The Morgan fingerprint density at radius 3 is 1.17 bits per heavy atom. The van der Waals surface area contributed by atoms with Gasteiger partial charge in [-0.3, -0.25) is 15.0 Å². The van der Waals surface area contributed by atoms with Crippen LogP contribution in [0.2, 0.25) is 0 Å². The van der Waals surface area contributed by atoms with Crippen LogP contribution in [0.1, 0.15) is 0 Å². The van der Waals surface area contributed by atoms with Crippen LogP contribution in [0.15, 0.2) is 207 Å². The smallest absolute Gasteiger partial charge is 0.160 e. The normalized spacial score (nSPS) is 11.1. The van der Waals surface area contributed by atoms with Gasteiger partial charge >= 0.3 is 0 Å². The number of benzene rings is 5. The van der Waals surface area contributed by atoms with E-state index in [0.29, 0.717) is 5.82 Å². The van der Waals surface area contributed by atoms with Crippen LogP contribution in [0.4, 0.5) is 0 Å². The molecule has 5 heterocycles. The summed E-state index contributed by atoms with van der Waals surface area (Å²) in [5, 5.41) is 2.23. The number of fused-ring (bicyclic) bond motifs is 1. The van der Waals surface area contributed by atoms with E-state index >= 15 is 0 Å². The molecule has 0 aliphatic heterocycles. The highest BCUT2D eigenvalue weighted by Gasteiger charge is 2.18. The Balaban J connectivity index is 1.17. The number of hydrogen-bond acceptors (Lipinski definition) is 6. The standard InChI is InChI=1S/C52H34N6/c1-3-15-35(16-4-1)48-34-49(36-17-5-2-6-18-36)58-52(57-48)40-30-37(29-39(31-40)45-21-9-12-26-53-45)41-24-25-42(44-20-8-7-19-43(41)44)38-32-50(46-22-10-13-27-54-46)56-51(33-38)47-23-11-14-28-55-47/h1-34H. The number of rotatable bonds is 8. The SMILES string of the molecule is c1ccc(-c2cc(-c3ccccc3)nc(-c3cc(-c4ccccn4)cc(-c4ccc(-c5cc(-c6ccccn6)nc(-c6ccccn6)c5)c5ccccc45)c3)n2)cc1. The highest BCUT2D eigenvalue weighted by Crippen LogP contribution is 2.40. The quantitative estimate of drug-likeness (QED) is 0.154. The lowest BCUT2D eigenvalue weighted by Gasteiger charge is -2.16. The first-order chi connectivity index (χ1) is 28.7. The first-order valence-electron chi connectivity index (χ1n) is 19.2. The molecule has 5 aromatic heterocycles. The van der Waals surface area contributed by atoms with Crippen LogP contribution >= 0.6 is 0 Å². The summed E-state index contributed by atoms with van der Waals surface area (Å²) in [6.45, 7) is 0. The van der Waals surface area contributed by atoms with E-state index in [-0.39, 0.29) is 0 Å². The molecule has 0 spiro atoms. The zero-order valence-electron chi connectivity index (χ0n) is 31.3. The minimum Gasteiger partial charge on any atom is -0.256 e. The summed E-state index contributed by atoms with van der Waals surface area (Å²) in [6.07, 6.45) is 5.43. The Morgan fingerprint density at radius 1 is 0.241 bits per heavy atom. The first kappa shape index (κ1) is 34.5. The molecule has 0 fully saturated rings. The molecule has 0 unspecified atom stereocenters. The van der Waals surface area contributed by atoms with Crippen molar-refractivity contribution in [2.75, 3.05) is 0 Å². The lowest BCUT2D eigenvalue weighted by atomic mass is 9.90. The Hall–Kier alpha value is -7.96. The lowest BCUT2D eigenvalue weighted by molar-refractivity contribution is 1.18. The van der Waals surface area contributed by atoms with Crippen molar-refractivity contribution < 1.29 is 0 Å². The summed E-state index contributed by atoms with van der Waals surface area (Å²) in [6, 6.07) is 64.3. The maximum Gasteiger partial charge on any atom is 0.160 e. The van der Waals surface area contributed by atoms with E-state index in [4.69, 9.17) is 19.9 Å². The fourth-order valence-corrected chi connectivity index (χ4v) is 7.46. The van der Waals surface area contributed by atoms with Gasteiger partial charge in [0.15, 0.2) is 5.82 Å². The van der Waals surface area contributed by atoms with Crippen molar-refractivity contribution in [1.29, 1.82) is 0 Å². The van der Waals surface area contributed by atoms with Gasteiger partial charge in [0.1, 0.15) is 0 Å². The van der Waals surface area contributed by atoms with Crippen molar-refractivity contribution in [3.8, 4) is 90.2 Å². The molecule has 0 saturated carbocycles. The van der Waals surface area contributed by atoms with E-state index < -0.39 is 0 Å². The predicted octanol–water partition coefficient (Wildman–Crippen LogP) is 12.5. The summed E-state index contributed by atoms with van der Waals surface area (Å²) in [5.41, 5.74) is 13.9. The molecule has 10 aromatic rings. The van der Waals surface area contributed by atoms with E-state index in [1.807, 2.05) is 97.2 Å². The average Bonchev–Trinajstić information content (AvgIpc) is 3.32. The van der Waals surface area contributed by atoms with Crippen LogP contribution in [0.5, 0.6) is 0 Å². The molecule has 0 atom stereocenters. The summed E-state index contributed by atoms with van der Waals surface area (Å²) in [5.74, 6) is 0.640. The Kier molecular flexibility index (Phi) is 9.10. The van der Waals surface area contributed by atoms with Crippen molar-refractivity contribution in [2.24, 2.45) is 0 Å². The fourth-order valence-electron chi connectivity index (χ4n) is 7.46. The zero-order valence-corrected chi connectivity index (χ0v) is 31.3. The molecule has 0 aliphatic carbocycles. The van der Waals surface area contributed by atoms with Gasteiger partial charge in [0.25, 0.3) is 0 Å². The Labute approximate surface area is 336 Å². The van der Waals surface area contributed by atoms with Gasteiger partial charge < -0.3 is 0 Å². The van der Waals surface area contributed by atoms with Gasteiger partial charge in [-0.05, 0) is 106 Å². The minimum atomic E-state index is 0.640. The van der Waals surface area contributed by atoms with Crippen LogP contribution in [0.25, 0.3) is 101 Å². The highest BCUT2D eigenvalue weighted by atomic mass is 14.9. The van der Waals surface area contributed by atoms with Crippen LogP contribution in [-0.4, -0.2) is 29.9 Å². The second-order valence-corrected chi connectivity index (χ2v) is 14.0. The summed E-state index contributed by atoms with van der Waals surface area (Å²) in [7, 11) is 0. The molecule has 10 rings (SSSR count). The molecule has 0 amide bonds. The highest BCUT2D eigenvalue weighted by molar-refractivity contribution is 6.06. The third-order valence-electron chi connectivity index (χ3n) is 10.2. The van der Waals surface area contributed by atoms with Gasteiger partial charge in [0, 0.05) is 40.8 Å². The minimum absolute atomic E-state index is 0.640. The molecular formula is C52H34N6. The number of nitrogens with zero attached hydrogens (tertiary/aromatic N) is 6. The molecule has 6 nitrogen and oxygen atoms in total. The van der Waals surface area contributed by atoms with Crippen molar-refractivity contribution in [2.45, 2.75) is 0 Å². The molecule has 0 saturated heterocycles. The Bertz CT molecular complexity index is 2910. The van der Waals surface area contributed by atoms with E-state index in [0.717, 1.165) is 95.1 Å². The van der Waals surface area contributed by atoms with Gasteiger partial charge in [0.05, 0.1) is 39.9 Å². The molecule has 0 aliphatic rings. The van der Waals surface area contributed by atoms with Crippen molar-refractivity contribution in [1.82, 2.24) is 29.9 Å². The maximum absolute atomic E-state index is 5.20. The fraction of sp³-hybridized carbons (Fsp3) is 0. The summed E-state index contributed by atoms with van der Waals surface area (Å²) in [4.78, 5) is 29.5. The monoisotopic (exact) mass is 742 g/mol. The lowest BCUT2D eigenvalue weighted by Crippen LogP contribution is -1.97. The topological polar surface area (TPSA) is 77.3 Å². The van der Waals surface area contributed by atoms with Crippen LogP contribution < -0.4 is 0 Å². The molecule has 272 valence electrons. The Morgan fingerprint density at radius 2 is 0.672 bits per heavy atom. The molecule has 5 aromatic carbocycles. The molecular weight excluding hydrogens is 709 g/mol. The number of pyridine rings is 4. The summed E-state index contributed by atoms with van der Waals surface area (Å²) >= 11 is 0. The molecule has 58 heavy (non-hydrogen) atoms. The van der Waals surface area contributed by atoms with Gasteiger partial charge in [0.2, 0.25) is 0 Å². The van der Waals surface area contributed by atoms with Gasteiger partial charge in [-0.15, -0.1) is 0 Å². The number of aromatic nitrogens is 6. The van der Waals surface area contributed by atoms with Crippen LogP contribution in [-0.2, 0) is 0 Å². The van der Waals surface area contributed by atoms with E-state index in [1.54, 1.807) is 12.4 Å². The average molecular weight is 743 g/mol. The predicted molar refractivity (Wildman–Crippen MR) is 234 cm³/mol. The molecule has 0 bridgehead atoms. The maximum atomic E-state index is 5.20. The zero-order chi connectivity index (χ0) is 38.7. The first-order valence-corrected chi connectivity index (χ1v) is 19.2. The van der Waals surface area contributed by atoms with E-state index in [2.05, 4.69) is 107 Å². The van der Waals surface area contributed by atoms with Gasteiger partial charge in [-0.1, -0.05) is 115 Å². The molecule has 0 radical (unpaired) electrons. The van der Waals surface area contributed by atoms with E-state index in [9.17, 15) is 0 Å². The van der Waals surface area contributed by atoms with Crippen LogP contribution in [0.3, 0.4) is 0 Å². The van der Waals surface area contributed by atoms with Gasteiger partial charge in [-0.2, -0.15) is 0 Å². The number of hydrogen-bond donors (Lipinski definition) is 0. The second-order valence-electron chi connectivity index (χ2n) is 14.0. The molecule has 0 N–H and O–H groups in total. The van der Waals surface area contributed by atoms with E-state index in [1.165, 1.54) is 0 Å². The van der Waals surface area contributed by atoms with Crippen molar-refractivity contribution in [3.05, 3.63) is 207 Å². The third-order valence-corrected chi connectivity index (χ3v) is 10.2. The molecule has 6 heteroatoms. The van der Waals surface area contributed by atoms with Crippen LogP contribution in [0, 0.1) is 0 Å².